The Morgan fingerprint density at radius 2 is 1.50 bits per heavy atom. The van der Waals surface area contributed by atoms with Crippen LogP contribution >= 0.6 is 0 Å². The van der Waals surface area contributed by atoms with Crippen molar-refractivity contribution in [2.75, 3.05) is 7.11 Å². The van der Waals surface area contributed by atoms with Crippen LogP contribution in [0, 0.1) is 0 Å². The predicted octanol–water partition coefficient (Wildman–Crippen LogP) is 3.28. The molecule has 0 saturated carbocycles. The Labute approximate surface area is 106 Å². The lowest BCUT2D eigenvalue weighted by atomic mass is 10.1. The smallest absolute Gasteiger partial charge is 0.161 e. The topological polar surface area (TPSA) is 49.7 Å². The van der Waals surface area contributed by atoms with Crippen LogP contribution in [0.5, 0.6) is 17.2 Å². The minimum Gasteiger partial charge on any atom is -0.508 e. The van der Waals surface area contributed by atoms with Gasteiger partial charge in [0.05, 0.1) is 7.11 Å². The van der Waals surface area contributed by atoms with E-state index in [4.69, 9.17) is 4.74 Å². The second-order valence-corrected chi connectivity index (χ2v) is 3.86. The predicted molar refractivity (Wildman–Crippen MR) is 71.7 cm³/mol. The fraction of sp³-hybridized carbons (Fsp3) is 0.0667. The zero-order valence-electron chi connectivity index (χ0n) is 10.00. The quantitative estimate of drug-likeness (QED) is 0.812. The second kappa shape index (κ2) is 5.27. The number of aromatic hydroxyl groups is 2. The fourth-order valence-electron chi connectivity index (χ4n) is 1.58. The molecule has 2 aromatic rings. The Kier molecular flexibility index (Phi) is 3.53. The van der Waals surface area contributed by atoms with Gasteiger partial charge in [0.15, 0.2) is 11.5 Å². The number of phenolic OH excluding ortho intramolecular Hbond substituents is 2. The summed E-state index contributed by atoms with van der Waals surface area (Å²) in [5.41, 5.74) is 1.91. The van der Waals surface area contributed by atoms with Crippen LogP contribution in [0.3, 0.4) is 0 Å². The molecule has 2 N–H and O–H groups in total. The first kappa shape index (κ1) is 12.0. The number of methoxy groups -OCH3 is 1. The summed E-state index contributed by atoms with van der Waals surface area (Å²) in [5.74, 6) is 0.820. The molecule has 0 fully saturated rings. The van der Waals surface area contributed by atoms with Gasteiger partial charge in [-0.25, -0.2) is 0 Å². The number of phenols is 2. The summed E-state index contributed by atoms with van der Waals surface area (Å²) in [6.45, 7) is 0. The maximum atomic E-state index is 9.47. The molecule has 92 valence electrons. The van der Waals surface area contributed by atoms with Crippen LogP contribution < -0.4 is 4.74 Å². The molecule has 0 bridgehead atoms. The van der Waals surface area contributed by atoms with Gasteiger partial charge in [0.2, 0.25) is 0 Å². The van der Waals surface area contributed by atoms with Gasteiger partial charge in [-0.1, -0.05) is 30.4 Å². The first-order valence-corrected chi connectivity index (χ1v) is 5.53. The Morgan fingerprint density at radius 3 is 2.17 bits per heavy atom. The van der Waals surface area contributed by atoms with Crippen molar-refractivity contribution in [1.82, 2.24) is 0 Å². The van der Waals surface area contributed by atoms with Crippen molar-refractivity contribution in [1.29, 1.82) is 0 Å². The number of hydrogen-bond donors (Lipinski definition) is 2. The molecule has 0 amide bonds. The normalized spacial score (nSPS) is 10.7. The molecule has 2 rings (SSSR count). The molecular formula is C15H14O3. The zero-order chi connectivity index (χ0) is 13.0. The van der Waals surface area contributed by atoms with Crippen LogP contribution in [0.15, 0.2) is 42.5 Å². The molecule has 0 aliphatic carbocycles. The number of benzene rings is 2. The van der Waals surface area contributed by atoms with E-state index in [0.717, 1.165) is 11.1 Å². The third-order valence-electron chi connectivity index (χ3n) is 2.57. The molecule has 2 aromatic carbocycles. The van der Waals surface area contributed by atoms with Gasteiger partial charge in [0.1, 0.15) is 5.75 Å². The zero-order valence-corrected chi connectivity index (χ0v) is 10.00. The molecule has 18 heavy (non-hydrogen) atoms. The van der Waals surface area contributed by atoms with Gasteiger partial charge in [-0.2, -0.15) is 0 Å². The molecule has 0 unspecified atom stereocenters. The largest absolute Gasteiger partial charge is 0.508 e. The van der Waals surface area contributed by atoms with Crippen LogP contribution in [-0.2, 0) is 0 Å². The summed E-state index contributed by atoms with van der Waals surface area (Å²) in [7, 11) is 1.52. The van der Waals surface area contributed by atoms with Crippen molar-refractivity contribution in [2.45, 2.75) is 0 Å². The average molecular weight is 242 g/mol. The fourth-order valence-corrected chi connectivity index (χ4v) is 1.58. The third kappa shape index (κ3) is 2.83. The van der Waals surface area contributed by atoms with E-state index in [9.17, 15) is 10.2 Å². The number of ether oxygens (including phenoxy) is 1. The summed E-state index contributed by atoms with van der Waals surface area (Å²) in [4.78, 5) is 0. The lowest BCUT2D eigenvalue weighted by molar-refractivity contribution is 0.373. The van der Waals surface area contributed by atoms with Gasteiger partial charge in [0, 0.05) is 0 Å². The van der Waals surface area contributed by atoms with E-state index in [0.29, 0.717) is 5.75 Å². The minimum absolute atomic E-state index is 0.124. The van der Waals surface area contributed by atoms with Gasteiger partial charge >= 0.3 is 0 Å². The van der Waals surface area contributed by atoms with Crippen LogP contribution in [0.4, 0.5) is 0 Å². The first-order valence-electron chi connectivity index (χ1n) is 5.53. The standard InChI is InChI=1S/C15H14O3/c1-18-15-10-12(6-9-14(15)17)3-2-11-4-7-13(16)8-5-11/h2-10,16-17H,1H3/b3-2+. The van der Waals surface area contributed by atoms with Gasteiger partial charge < -0.3 is 14.9 Å². The van der Waals surface area contributed by atoms with Crippen LogP contribution in [0.25, 0.3) is 12.2 Å². The van der Waals surface area contributed by atoms with Gasteiger partial charge in [-0.3, -0.25) is 0 Å². The van der Waals surface area contributed by atoms with Crippen molar-refractivity contribution < 1.29 is 14.9 Å². The molecular weight excluding hydrogens is 228 g/mol. The van der Waals surface area contributed by atoms with Gasteiger partial charge in [-0.15, -0.1) is 0 Å². The van der Waals surface area contributed by atoms with E-state index in [1.165, 1.54) is 7.11 Å². The Hall–Kier alpha value is -2.42. The van der Waals surface area contributed by atoms with E-state index in [2.05, 4.69) is 0 Å². The molecule has 0 spiro atoms. The molecule has 3 nitrogen and oxygen atoms in total. The van der Waals surface area contributed by atoms with Crippen LogP contribution in [0.1, 0.15) is 11.1 Å². The summed E-state index contributed by atoms with van der Waals surface area (Å²) in [6, 6.07) is 12.1. The number of rotatable bonds is 3. The second-order valence-electron chi connectivity index (χ2n) is 3.86. The molecule has 0 aliphatic heterocycles. The first-order chi connectivity index (χ1) is 8.69. The van der Waals surface area contributed by atoms with E-state index in [1.807, 2.05) is 24.3 Å². The Morgan fingerprint density at radius 1 is 0.889 bits per heavy atom. The molecule has 0 saturated heterocycles. The average Bonchev–Trinajstić information content (AvgIpc) is 2.39. The van der Waals surface area contributed by atoms with Crippen molar-refractivity contribution in [2.24, 2.45) is 0 Å². The third-order valence-corrected chi connectivity index (χ3v) is 2.57. The molecule has 0 aliphatic rings. The molecule has 0 aromatic heterocycles. The highest BCUT2D eigenvalue weighted by Gasteiger charge is 2.00. The lowest BCUT2D eigenvalue weighted by Gasteiger charge is -2.03. The summed E-state index contributed by atoms with van der Waals surface area (Å²) < 4.78 is 5.04. The Balaban J connectivity index is 2.20. The van der Waals surface area contributed by atoms with Crippen molar-refractivity contribution >= 4 is 12.2 Å². The van der Waals surface area contributed by atoms with Crippen molar-refractivity contribution in [3.63, 3.8) is 0 Å². The highest BCUT2D eigenvalue weighted by Crippen LogP contribution is 2.27. The summed E-state index contributed by atoms with van der Waals surface area (Å²) in [5, 5.41) is 18.6. The van der Waals surface area contributed by atoms with Crippen molar-refractivity contribution in [3.8, 4) is 17.2 Å². The minimum atomic E-state index is 0.124. The van der Waals surface area contributed by atoms with E-state index in [1.54, 1.807) is 30.3 Å². The molecule has 0 heterocycles. The van der Waals surface area contributed by atoms with E-state index >= 15 is 0 Å². The summed E-state index contributed by atoms with van der Waals surface area (Å²) >= 11 is 0. The highest BCUT2D eigenvalue weighted by molar-refractivity contribution is 5.71. The molecule has 0 atom stereocenters. The van der Waals surface area contributed by atoms with E-state index < -0.39 is 0 Å². The monoisotopic (exact) mass is 242 g/mol. The van der Waals surface area contributed by atoms with Gasteiger partial charge in [-0.05, 0) is 35.4 Å². The number of hydrogen-bond acceptors (Lipinski definition) is 3. The highest BCUT2D eigenvalue weighted by atomic mass is 16.5. The SMILES string of the molecule is COc1cc(/C=C/c2ccc(O)cc2)ccc1O. The Bertz CT molecular complexity index is 556. The van der Waals surface area contributed by atoms with Crippen LogP contribution in [0.2, 0.25) is 0 Å². The maximum Gasteiger partial charge on any atom is 0.161 e. The summed E-state index contributed by atoms with van der Waals surface area (Å²) in [6.07, 6.45) is 3.83. The molecule has 3 heteroatoms. The van der Waals surface area contributed by atoms with Crippen LogP contribution in [-0.4, -0.2) is 17.3 Å². The molecule has 0 radical (unpaired) electrons. The van der Waals surface area contributed by atoms with Gasteiger partial charge in [0.25, 0.3) is 0 Å². The maximum absolute atomic E-state index is 9.47. The van der Waals surface area contributed by atoms with E-state index in [-0.39, 0.29) is 11.5 Å². The lowest BCUT2D eigenvalue weighted by Crippen LogP contribution is -1.84. The van der Waals surface area contributed by atoms with Crippen molar-refractivity contribution in [3.05, 3.63) is 53.6 Å².